The Balaban J connectivity index is 1.18. The lowest BCUT2D eigenvalue weighted by molar-refractivity contribution is 1.13. The summed E-state index contributed by atoms with van der Waals surface area (Å²) in [6.07, 6.45) is 7.07. The minimum absolute atomic E-state index is 1.11. The van der Waals surface area contributed by atoms with Crippen molar-refractivity contribution in [2.24, 2.45) is 0 Å². The SMILES string of the molecule is C1=c2c(c3ccc(-c4cccc(-c5cccc(-c6ccc(-c7ccccc7)cc6)c5)c4)cc3c3ccccc23)=CCC1. The van der Waals surface area contributed by atoms with Crippen molar-refractivity contribution in [2.45, 2.75) is 12.8 Å². The predicted octanol–water partition coefficient (Wildman–Crippen LogP) is 10.0. The highest BCUT2D eigenvalue weighted by Gasteiger charge is 2.10. The van der Waals surface area contributed by atoms with Crippen molar-refractivity contribution in [1.29, 1.82) is 0 Å². The predicted molar refractivity (Wildman–Crippen MR) is 181 cm³/mol. The molecule has 0 radical (unpaired) electrons. The monoisotopic (exact) mass is 534 g/mol. The summed E-state index contributed by atoms with van der Waals surface area (Å²) in [6, 6.07) is 53.2. The molecule has 0 N–H and O–H groups in total. The smallest absolute Gasteiger partial charge is 0.00929 e. The van der Waals surface area contributed by atoms with Gasteiger partial charge in [0.05, 0.1) is 0 Å². The van der Waals surface area contributed by atoms with Crippen LogP contribution >= 0.6 is 0 Å². The number of benzene rings is 7. The molecule has 198 valence electrons. The van der Waals surface area contributed by atoms with Crippen molar-refractivity contribution in [3.8, 4) is 44.5 Å². The van der Waals surface area contributed by atoms with Crippen LogP contribution in [-0.2, 0) is 0 Å². The average molecular weight is 535 g/mol. The van der Waals surface area contributed by atoms with Crippen molar-refractivity contribution < 1.29 is 0 Å². The molecule has 0 amide bonds. The minimum atomic E-state index is 1.11. The van der Waals surface area contributed by atoms with E-state index in [9.17, 15) is 0 Å². The molecule has 42 heavy (non-hydrogen) atoms. The second kappa shape index (κ2) is 10.3. The third kappa shape index (κ3) is 4.33. The molecule has 1 aliphatic rings. The molecule has 0 saturated heterocycles. The molecule has 7 aromatic carbocycles. The number of hydrogen-bond donors (Lipinski definition) is 0. The van der Waals surface area contributed by atoms with E-state index in [4.69, 9.17) is 0 Å². The highest BCUT2D eigenvalue weighted by Crippen LogP contribution is 2.33. The first-order chi connectivity index (χ1) is 20.8. The van der Waals surface area contributed by atoms with Crippen LogP contribution in [0.15, 0.2) is 146 Å². The summed E-state index contributed by atoms with van der Waals surface area (Å²) in [6.45, 7) is 0. The fraction of sp³-hybridized carbons (Fsp3) is 0.0476. The van der Waals surface area contributed by atoms with Crippen LogP contribution in [0.25, 0.3) is 78.2 Å². The van der Waals surface area contributed by atoms with Crippen LogP contribution < -0.4 is 10.4 Å². The Labute approximate surface area is 246 Å². The van der Waals surface area contributed by atoms with Crippen molar-refractivity contribution in [3.63, 3.8) is 0 Å². The topological polar surface area (TPSA) is 0 Å². The molecule has 0 heteroatoms. The van der Waals surface area contributed by atoms with Crippen LogP contribution in [0.3, 0.4) is 0 Å². The maximum absolute atomic E-state index is 2.42. The first kappa shape index (κ1) is 24.6. The van der Waals surface area contributed by atoms with Gasteiger partial charge in [0.25, 0.3) is 0 Å². The van der Waals surface area contributed by atoms with Crippen LogP contribution in [0, 0.1) is 0 Å². The normalized spacial score (nSPS) is 12.5. The molecule has 0 aromatic heterocycles. The molecule has 1 aliphatic carbocycles. The minimum Gasteiger partial charge on any atom is -0.0757 e. The summed E-state index contributed by atoms with van der Waals surface area (Å²) < 4.78 is 0. The number of rotatable bonds is 4. The lowest BCUT2D eigenvalue weighted by Crippen LogP contribution is -2.28. The number of fused-ring (bicyclic) bond motifs is 6. The summed E-state index contributed by atoms with van der Waals surface area (Å²) in [7, 11) is 0. The molecule has 0 heterocycles. The molecule has 0 atom stereocenters. The molecule has 0 spiro atoms. The zero-order valence-corrected chi connectivity index (χ0v) is 23.4. The van der Waals surface area contributed by atoms with E-state index in [1.165, 1.54) is 76.5 Å². The lowest BCUT2D eigenvalue weighted by atomic mass is 9.91. The zero-order valence-electron chi connectivity index (χ0n) is 23.4. The number of hydrogen-bond acceptors (Lipinski definition) is 0. The van der Waals surface area contributed by atoms with Crippen LogP contribution in [0.1, 0.15) is 12.8 Å². The van der Waals surface area contributed by atoms with Gasteiger partial charge < -0.3 is 0 Å². The van der Waals surface area contributed by atoms with Gasteiger partial charge in [0.15, 0.2) is 0 Å². The second-order valence-corrected chi connectivity index (χ2v) is 11.2. The quantitative estimate of drug-likeness (QED) is 0.197. The van der Waals surface area contributed by atoms with Gasteiger partial charge in [-0.15, -0.1) is 0 Å². The zero-order chi connectivity index (χ0) is 27.9. The highest BCUT2D eigenvalue weighted by atomic mass is 14.1. The van der Waals surface area contributed by atoms with E-state index in [2.05, 4.69) is 158 Å². The molecule has 0 saturated carbocycles. The molecule has 0 fully saturated rings. The largest absolute Gasteiger partial charge is 0.0757 e. The highest BCUT2D eigenvalue weighted by molar-refractivity contribution is 6.09. The Morgan fingerprint density at radius 2 is 0.667 bits per heavy atom. The molecule has 0 bridgehead atoms. The third-order valence-electron chi connectivity index (χ3n) is 8.69. The summed E-state index contributed by atoms with van der Waals surface area (Å²) >= 11 is 0. The first-order valence-electron chi connectivity index (χ1n) is 14.8. The Morgan fingerprint density at radius 1 is 0.262 bits per heavy atom. The van der Waals surface area contributed by atoms with E-state index < -0.39 is 0 Å². The molecule has 8 rings (SSSR count). The van der Waals surface area contributed by atoms with Gasteiger partial charge in [0.2, 0.25) is 0 Å². The van der Waals surface area contributed by atoms with E-state index in [1.807, 2.05) is 0 Å². The Hall–Kier alpha value is -5.20. The van der Waals surface area contributed by atoms with Gasteiger partial charge >= 0.3 is 0 Å². The fourth-order valence-corrected chi connectivity index (χ4v) is 6.56. The third-order valence-corrected chi connectivity index (χ3v) is 8.69. The van der Waals surface area contributed by atoms with Crippen LogP contribution in [-0.4, -0.2) is 0 Å². The van der Waals surface area contributed by atoms with Crippen molar-refractivity contribution in [1.82, 2.24) is 0 Å². The average Bonchev–Trinajstić information content (AvgIpc) is 3.09. The van der Waals surface area contributed by atoms with E-state index >= 15 is 0 Å². The Bertz CT molecular complexity index is 2220. The fourth-order valence-electron chi connectivity index (χ4n) is 6.56. The van der Waals surface area contributed by atoms with E-state index in [0.29, 0.717) is 0 Å². The summed E-state index contributed by atoms with van der Waals surface area (Å²) in [5.74, 6) is 0. The summed E-state index contributed by atoms with van der Waals surface area (Å²) in [5.41, 5.74) is 9.89. The first-order valence-corrected chi connectivity index (χ1v) is 14.8. The van der Waals surface area contributed by atoms with E-state index in [-0.39, 0.29) is 0 Å². The molecule has 0 nitrogen and oxygen atoms in total. The summed E-state index contributed by atoms with van der Waals surface area (Å²) in [4.78, 5) is 0. The van der Waals surface area contributed by atoms with Gasteiger partial charge in [-0.1, -0.05) is 140 Å². The molecule has 0 unspecified atom stereocenters. The maximum atomic E-state index is 2.42. The summed E-state index contributed by atoms with van der Waals surface area (Å²) in [5, 5.41) is 8.17. The van der Waals surface area contributed by atoms with Crippen LogP contribution in [0.5, 0.6) is 0 Å². The standard InChI is InChI=1S/C42H30/c1-2-10-29(11-3-1)30-20-22-31(23-21-30)32-12-8-13-33(26-32)34-14-9-15-35(27-34)36-24-25-41-39-18-5-4-16-37(39)38-17-6-7-19-40(38)42(41)28-36/h1-3,6-28H,4-5H2. The molecular weight excluding hydrogens is 504 g/mol. The molecular formula is C42H30. The van der Waals surface area contributed by atoms with Gasteiger partial charge in [0.1, 0.15) is 0 Å². The van der Waals surface area contributed by atoms with Crippen molar-refractivity contribution in [3.05, 3.63) is 156 Å². The Kier molecular flexibility index (Phi) is 6.04. The maximum Gasteiger partial charge on any atom is -0.00929 e. The van der Waals surface area contributed by atoms with Crippen LogP contribution in [0.4, 0.5) is 0 Å². The van der Waals surface area contributed by atoms with Crippen LogP contribution in [0.2, 0.25) is 0 Å². The van der Waals surface area contributed by atoms with Gasteiger partial charge in [-0.05, 0) is 108 Å². The van der Waals surface area contributed by atoms with Crippen molar-refractivity contribution >= 4 is 33.7 Å². The van der Waals surface area contributed by atoms with E-state index in [0.717, 1.165) is 12.8 Å². The van der Waals surface area contributed by atoms with E-state index in [1.54, 1.807) is 0 Å². The van der Waals surface area contributed by atoms with Crippen molar-refractivity contribution in [2.75, 3.05) is 0 Å². The van der Waals surface area contributed by atoms with Gasteiger partial charge in [-0.2, -0.15) is 0 Å². The second-order valence-electron chi connectivity index (χ2n) is 11.2. The van der Waals surface area contributed by atoms with Gasteiger partial charge in [0, 0.05) is 0 Å². The molecule has 0 aliphatic heterocycles. The van der Waals surface area contributed by atoms with Gasteiger partial charge in [-0.25, -0.2) is 0 Å². The molecule has 7 aromatic rings. The van der Waals surface area contributed by atoms with Gasteiger partial charge in [-0.3, -0.25) is 0 Å². The Morgan fingerprint density at radius 3 is 1.29 bits per heavy atom. The lowest BCUT2D eigenvalue weighted by Gasteiger charge is -2.13.